The number of ketones is 1. The van der Waals surface area contributed by atoms with Gasteiger partial charge in [0.05, 0.1) is 20.1 Å². The van der Waals surface area contributed by atoms with Crippen molar-refractivity contribution < 1.29 is 24.6 Å². The molecule has 0 aromatic rings. The van der Waals surface area contributed by atoms with E-state index in [-0.39, 0.29) is 25.2 Å². The Labute approximate surface area is 79.7 Å². The Morgan fingerprint density at radius 2 is 1.93 bits per heavy atom. The van der Waals surface area contributed by atoms with Gasteiger partial charge in [-0.25, -0.2) is 0 Å². The van der Waals surface area contributed by atoms with Crippen LogP contribution in [0.15, 0.2) is 0 Å². The van der Waals surface area contributed by atoms with Gasteiger partial charge in [-0.2, -0.15) is 0 Å². The molecule has 0 amide bonds. The molecule has 0 aliphatic carbocycles. The summed E-state index contributed by atoms with van der Waals surface area (Å²) < 4.78 is 0. The van der Waals surface area contributed by atoms with E-state index in [4.69, 9.17) is 21.0 Å². The molecule has 0 unspecified atom stereocenters. The highest BCUT2D eigenvalue weighted by Gasteiger charge is 2.01. The Morgan fingerprint density at radius 3 is 2.14 bits per heavy atom. The number of carbonyl (C=O) groups excluding carboxylic acids is 1. The number of nitrogens with zero attached hydrogens (tertiary/aromatic N) is 1. The van der Waals surface area contributed by atoms with Crippen molar-refractivity contribution in [2.24, 2.45) is 5.73 Å². The highest BCUT2D eigenvalue weighted by Crippen LogP contribution is 1.87. The number of Topliss-reactive ketones (excluding diaryl/α,β-unsaturated/α-hetero) is 1. The monoisotopic (exact) mass is 208 g/mol. The molecule has 0 fully saturated rings. The molecule has 8 heteroatoms. The number of nitrogens with two attached hydrogens (primary N) is 1. The predicted molar refractivity (Wildman–Crippen MR) is 44.9 cm³/mol. The van der Waals surface area contributed by atoms with E-state index in [0.717, 1.165) is 7.11 Å². The number of hydrogen-bond acceptors (Lipinski definition) is 6. The maximum Gasteiger partial charge on any atom is 0.303 e. The van der Waals surface area contributed by atoms with Crippen LogP contribution in [0, 0.1) is 10.1 Å². The molecule has 0 saturated heterocycles. The lowest BCUT2D eigenvalue weighted by Crippen LogP contribution is -2.14. The first-order chi connectivity index (χ1) is 6.43. The lowest BCUT2D eigenvalue weighted by molar-refractivity contribution is -0.749. The summed E-state index contributed by atoms with van der Waals surface area (Å²) in [6.07, 6.45) is -0.0676. The van der Waals surface area contributed by atoms with Crippen LogP contribution in [0.5, 0.6) is 0 Å². The van der Waals surface area contributed by atoms with E-state index in [1.807, 2.05) is 0 Å². The summed E-state index contributed by atoms with van der Waals surface area (Å²) >= 11 is 0. The largest absolute Gasteiger partial charge is 0.481 e. The van der Waals surface area contributed by atoms with Gasteiger partial charge in [-0.15, -0.1) is 10.1 Å². The molecule has 0 saturated carbocycles. The van der Waals surface area contributed by atoms with Crippen LogP contribution in [0.4, 0.5) is 0 Å². The maximum absolute atomic E-state index is 10.3. The van der Waals surface area contributed by atoms with Crippen molar-refractivity contribution in [1.29, 1.82) is 0 Å². The van der Waals surface area contributed by atoms with E-state index in [1.54, 1.807) is 0 Å². The zero-order valence-electron chi connectivity index (χ0n) is 7.63. The van der Waals surface area contributed by atoms with Crippen LogP contribution in [-0.2, 0) is 14.4 Å². The van der Waals surface area contributed by atoms with Crippen molar-refractivity contribution in [3.8, 4) is 0 Å². The number of hydrogen-bond donors (Lipinski definition) is 2. The van der Waals surface area contributed by atoms with Gasteiger partial charge in [-0.1, -0.05) is 0 Å². The van der Waals surface area contributed by atoms with Crippen molar-refractivity contribution in [1.82, 2.24) is 0 Å². The minimum Gasteiger partial charge on any atom is -0.481 e. The molecular weight excluding hydrogens is 196 g/mol. The molecule has 0 radical (unpaired) electrons. The second-order valence-electron chi connectivity index (χ2n) is 2.04. The Kier molecular flexibility index (Phi) is 9.93. The van der Waals surface area contributed by atoms with Crippen molar-refractivity contribution >= 4 is 11.8 Å². The minimum absolute atomic E-state index is 0.0475. The second kappa shape index (κ2) is 9.39. The van der Waals surface area contributed by atoms with Crippen LogP contribution in [0.3, 0.4) is 0 Å². The van der Waals surface area contributed by atoms with E-state index in [1.165, 1.54) is 0 Å². The molecule has 0 rings (SSSR count). The predicted octanol–water partition coefficient (Wildman–Crippen LogP) is -0.797. The lowest BCUT2D eigenvalue weighted by atomic mass is 10.2. The summed E-state index contributed by atoms with van der Waals surface area (Å²) in [5.41, 5.74) is 4.92. The molecule has 82 valence electrons. The molecule has 8 nitrogen and oxygen atoms in total. The summed E-state index contributed by atoms with van der Waals surface area (Å²) in [6, 6.07) is 0. The first kappa shape index (κ1) is 14.8. The Hall–Kier alpha value is -1.70. The van der Waals surface area contributed by atoms with E-state index >= 15 is 0 Å². The van der Waals surface area contributed by atoms with Gasteiger partial charge in [0.1, 0.15) is 5.78 Å². The first-order valence-electron chi connectivity index (χ1n) is 3.56. The van der Waals surface area contributed by atoms with Crippen LogP contribution < -0.4 is 5.73 Å². The van der Waals surface area contributed by atoms with Gasteiger partial charge in [0.15, 0.2) is 0 Å². The lowest BCUT2D eigenvalue weighted by Gasteiger charge is -1.90. The van der Waals surface area contributed by atoms with Gasteiger partial charge in [-0.3, -0.25) is 9.59 Å². The van der Waals surface area contributed by atoms with Crippen LogP contribution in [0.25, 0.3) is 0 Å². The quantitative estimate of drug-likeness (QED) is 0.446. The molecule has 0 aliphatic heterocycles. The van der Waals surface area contributed by atoms with Crippen LogP contribution >= 0.6 is 0 Å². The Bertz CT molecular complexity index is 204. The fraction of sp³-hybridized carbons (Fsp3) is 0.667. The van der Waals surface area contributed by atoms with Gasteiger partial charge in [-0.05, 0) is 0 Å². The van der Waals surface area contributed by atoms with Crippen molar-refractivity contribution in [3.63, 3.8) is 0 Å². The molecule has 0 atom stereocenters. The number of rotatable bonds is 5. The number of aliphatic carboxylic acids is 1. The van der Waals surface area contributed by atoms with Crippen molar-refractivity contribution in [3.05, 3.63) is 10.1 Å². The Morgan fingerprint density at radius 1 is 1.50 bits per heavy atom. The topological polar surface area (TPSA) is 133 Å². The average Bonchev–Trinajstić information content (AvgIpc) is 2.14. The highest BCUT2D eigenvalue weighted by molar-refractivity contribution is 5.83. The fourth-order valence-electron chi connectivity index (χ4n) is 0.348. The average molecular weight is 208 g/mol. The number of carboxylic acids is 1. The van der Waals surface area contributed by atoms with Gasteiger partial charge in [0, 0.05) is 6.42 Å². The van der Waals surface area contributed by atoms with Gasteiger partial charge in [0.2, 0.25) is 0 Å². The minimum atomic E-state index is -0.961. The molecule has 0 heterocycles. The third kappa shape index (κ3) is 16.7. The smallest absolute Gasteiger partial charge is 0.303 e. The summed E-state index contributed by atoms with van der Waals surface area (Å²) in [4.78, 5) is 32.6. The standard InChI is InChI=1S/C5H9NO3.CH3NO3/c6-3-4(7)1-2-5(8)9;1-5-2(3)4/h1-3,6H2,(H,8,9);1H3. The normalized spacial score (nSPS) is 8.14. The van der Waals surface area contributed by atoms with Crippen molar-refractivity contribution in [2.75, 3.05) is 13.7 Å². The van der Waals surface area contributed by atoms with Crippen molar-refractivity contribution in [2.45, 2.75) is 12.8 Å². The van der Waals surface area contributed by atoms with E-state index in [0.29, 0.717) is 0 Å². The molecule has 3 N–H and O–H groups in total. The maximum atomic E-state index is 10.3. The molecular formula is C6H12N2O6. The van der Waals surface area contributed by atoms with E-state index < -0.39 is 11.1 Å². The molecule has 0 aromatic carbocycles. The molecule has 14 heavy (non-hydrogen) atoms. The van der Waals surface area contributed by atoms with Gasteiger partial charge in [0.25, 0.3) is 5.09 Å². The second-order valence-corrected chi connectivity index (χ2v) is 2.04. The van der Waals surface area contributed by atoms with Gasteiger partial charge < -0.3 is 15.7 Å². The van der Waals surface area contributed by atoms with E-state index in [2.05, 4.69) is 4.84 Å². The fourth-order valence-corrected chi connectivity index (χ4v) is 0.348. The summed E-state index contributed by atoms with van der Waals surface area (Å²) in [7, 11) is 1.00. The molecule has 0 spiro atoms. The van der Waals surface area contributed by atoms with Crippen LogP contribution in [-0.4, -0.2) is 35.6 Å². The number of carbonyl (C=O) groups is 2. The molecule has 0 aromatic heterocycles. The van der Waals surface area contributed by atoms with E-state index in [9.17, 15) is 9.59 Å². The van der Waals surface area contributed by atoms with Crippen LogP contribution in [0.2, 0.25) is 0 Å². The van der Waals surface area contributed by atoms with Gasteiger partial charge >= 0.3 is 5.97 Å². The summed E-state index contributed by atoms with van der Waals surface area (Å²) in [6.45, 7) is -0.0622. The SMILES string of the molecule is CO[N+](=O)[O-].NCC(=O)CCC(=O)O. The molecule has 0 aliphatic rings. The summed E-state index contributed by atoms with van der Waals surface area (Å²) in [5.74, 6) is -1.17. The number of carboxylic acid groups (broad SMARTS) is 1. The molecule has 0 bridgehead atoms. The Balaban J connectivity index is 0. The highest BCUT2D eigenvalue weighted by atomic mass is 16.9. The summed E-state index contributed by atoms with van der Waals surface area (Å²) in [5, 5.41) is 16.1. The third-order valence-corrected chi connectivity index (χ3v) is 0.994. The zero-order valence-corrected chi connectivity index (χ0v) is 7.63. The van der Waals surface area contributed by atoms with Crippen LogP contribution in [0.1, 0.15) is 12.8 Å². The third-order valence-electron chi connectivity index (χ3n) is 0.994. The zero-order chi connectivity index (χ0) is 11.6. The first-order valence-corrected chi connectivity index (χ1v) is 3.56.